The fourth-order valence-electron chi connectivity index (χ4n) is 2.89. The second-order valence-electron chi connectivity index (χ2n) is 6.35. The predicted octanol–water partition coefficient (Wildman–Crippen LogP) is 4.19. The summed E-state index contributed by atoms with van der Waals surface area (Å²) in [5.41, 5.74) is 1.94. The summed E-state index contributed by atoms with van der Waals surface area (Å²) in [6.45, 7) is 6.22. The van der Waals surface area contributed by atoms with Crippen molar-refractivity contribution < 1.29 is 9.59 Å². The number of anilines is 1. The summed E-state index contributed by atoms with van der Waals surface area (Å²) in [5.74, 6) is 0.722. The van der Waals surface area contributed by atoms with Crippen molar-refractivity contribution in [1.29, 1.82) is 0 Å². The molecule has 0 aliphatic carbocycles. The molecule has 0 aromatic heterocycles. The van der Waals surface area contributed by atoms with E-state index in [9.17, 15) is 9.59 Å². The maximum atomic E-state index is 12.7. The van der Waals surface area contributed by atoms with Gasteiger partial charge in [0.25, 0.3) is 0 Å². The summed E-state index contributed by atoms with van der Waals surface area (Å²) in [6, 6.07) is 7.40. The Hall–Kier alpha value is -1.49. The zero-order chi connectivity index (χ0) is 17.5. The third-order valence-electron chi connectivity index (χ3n) is 4.28. The van der Waals surface area contributed by atoms with Gasteiger partial charge in [-0.1, -0.05) is 44.4 Å². The molecule has 1 N–H and O–H groups in total. The summed E-state index contributed by atoms with van der Waals surface area (Å²) in [5, 5.41) is 3.10. The molecule has 1 heterocycles. The first-order chi connectivity index (χ1) is 11.6. The second-order valence-corrected chi connectivity index (χ2v) is 7.56. The number of hydrogen-bond donors (Lipinski definition) is 1. The second kappa shape index (κ2) is 9.11. The molecule has 1 aromatic rings. The van der Waals surface area contributed by atoms with Crippen LogP contribution in [-0.4, -0.2) is 33.9 Å². The van der Waals surface area contributed by atoms with Crippen LogP contribution in [0.15, 0.2) is 24.3 Å². The van der Waals surface area contributed by atoms with Gasteiger partial charge in [-0.15, -0.1) is 11.8 Å². The molecular weight excluding hydrogens is 320 g/mol. The number of thioether (sulfide) groups is 1. The number of carbonyl (C=O) groups is 2. The Morgan fingerprint density at radius 1 is 1.21 bits per heavy atom. The van der Waals surface area contributed by atoms with E-state index < -0.39 is 0 Å². The number of carbonyl (C=O) groups excluding carboxylic acids is 2. The summed E-state index contributed by atoms with van der Waals surface area (Å²) in [7, 11) is 0. The van der Waals surface area contributed by atoms with Crippen molar-refractivity contribution in [3.05, 3.63) is 29.8 Å². The topological polar surface area (TPSA) is 49.4 Å². The lowest BCUT2D eigenvalue weighted by atomic mass is 10.1. The average Bonchev–Trinajstić information content (AvgIpc) is 2.99. The van der Waals surface area contributed by atoms with Gasteiger partial charge < -0.3 is 10.2 Å². The van der Waals surface area contributed by atoms with E-state index in [2.05, 4.69) is 19.2 Å². The predicted molar refractivity (Wildman–Crippen MR) is 101 cm³/mol. The highest BCUT2D eigenvalue weighted by molar-refractivity contribution is 8.00. The lowest BCUT2D eigenvalue weighted by molar-refractivity contribution is -0.138. The fraction of sp³-hybridized carbons (Fsp3) is 0.579. The molecule has 0 radical (unpaired) electrons. The third-order valence-corrected chi connectivity index (χ3v) is 5.64. The zero-order valence-corrected chi connectivity index (χ0v) is 15.7. The molecule has 132 valence electrons. The van der Waals surface area contributed by atoms with Crippen LogP contribution < -0.4 is 5.32 Å². The molecule has 0 unspecified atom stereocenters. The summed E-state index contributed by atoms with van der Waals surface area (Å²) in [6.07, 6.45) is 4.36. The number of nitrogens with one attached hydrogen (secondary N) is 1. The normalized spacial score (nSPS) is 20.2. The van der Waals surface area contributed by atoms with Gasteiger partial charge >= 0.3 is 0 Å². The van der Waals surface area contributed by atoms with Gasteiger partial charge in [-0.25, -0.2) is 0 Å². The summed E-state index contributed by atoms with van der Waals surface area (Å²) >= 11 is 1.73. The van der Waals surface area contributed by atoms with Gasteiger partial charge in [0.1, 0.15) is 6.04 Å². The van der Waals surface area contributed by atoms with Crippen LogP contribution in [0.3, 0.4) is 0 Å². The van der Waals surface area contributed by atoms with Crippen LogP contribution in [0.4, 0.5) is 5.69 Å². The van der Waals surface area contributed by atoms with Crippen molar-refractivity contribution in [1.82, 2.24) is 4.90 Å². The van der Waals surface area contributed by atoms with Crippen LogP contribution in [0.5, 0.6) is 0 Å². The van der Waals surface area contributed by atoms with Crippen LogP contribution in [0.25, 0.3) is 0 Å². The van der Waals surface area contributed by atoms with Crippen LogP contribution in [0, 0.1) is 6.92 Å². The zero-order valence-electron chi connectivity index (χ0n) is 14.9. The van der Waals surface area contributed by atoms with E-state index >= 15 is 0 Å². The fourth-order valence-corrected chi connectivity index (χ4v) is 4.43. The SMILES string of the molecule is CCCCC(=O)N1[C@@H](CCC)SC[C@H]1C(=O)Nc1ccc(C)cc1. The van der Waals surface area contributed by atoms with Gasteiger partial charge in [-0.3, -0.25) is 9.59 Å². The maximum absolute atomic E-state index is 12.7. The minimum Gasteiger partial charge on any atom is -0.324 e. The van der Waals surface area contributed by atoms with Crippen molar-refractivity contribution >= 4 is 29.3 Å². The first-order valence-corrected chi connectivity index (χ1v) is 9.92. The Morgan fingerprint density at radius 3 is 2.54 bits per heavy atom. The molecule has 2 atom stereocenters. The number of amides is 2. The molecule has 0 spiro atoms. The van der Waals surface area contributed by atoms with E-state index in [4.69, 9.17) is 0 Å². The lowest BCUT2D eigenvalue weighted by Crippen LogP contribution is -2.47. The van der Waals surface area contributed by atoms with E-state index in [1.807, 2.05) is 36.1 Å². The standard InChI is InChI=1S/C19H28N2O2S/c1-4-6-8-17(22)21-16(13-24-18(21)7-5-2)19(23)20-15-11-9-14(3)10-12-15/h9-12,16,18H,4-8,13H2,1-3H3,(H,20,23)/t16-,18+/m0/s1. The Labute approximate surface area is 149 Å². The van der Waals surface area contributed by atoms with Crippen molar-refractivity contribution in [3.63, 3.8) is 0 Å². The van der Waals surface area contributed by atoms with Crippen LogP contribution in [0.2, 0.25) is 0 Å². The minimum absolute atomic E-state index is 0.0743. The Bertz CT molecular complexity index is 559. The molecule has 0 saturated carbocycles. The Morgan fingerprint density at radius 2 is 1.92 bits per heavy atom. The highest BCUT2D eigenvalue weighted by Crippen LogP contribution is 2.33. The minimum atomic E-state index is -0.364. The van der Waals surface area contributed by atoms with Crippen LogP contribution in [0.1, 0.15) is 51.5 Å². The molecule has 4 nitrogen and oxygen atoms in total. The number of nitrogens with zero attached hydrogens (tertiary/aromatic N) is 1. The molecule has 24 heavy (non-hydrogen) atoms. The van der Waals surface area contributed by atoms with Gasteiger partial charge in [0.2, 0.25) is 11.8 Å². The third kappa shape index (κ3) is 4.76. The van der Waals surface area contributed by atoms with Crippen molar-refractivity contribution in [3.8, 4) is 0 Å². The molecule has 5 heteroatoms. The monoisotopic (exact) mass is 348 g/mol. The Balaban J connectivity index is 2.08. The number of hydrogen-bond acceptors (Lipinski definition) is 3. The molecule has 1 aromatic carbocycles. The molecular formula is C19H28N2O2S. The molecule has 2 amide bonds. The van der Waals surface area contributed by atoms with Crippen LogP contribution in [-0.2, 0) is 9.59 Å². The van der Waals surface area contributed by atoms with Gasteiger partial charge in [-0.2, -0.15) is 0 Å². The number of rotatable bonds is 7. The highest BCUT2D eigenvalue weighted by atomic mass is 32.2. The van der Waals surface area contributed by atoms with Gasteiger partial charge in [0, 0.05) is 17.9 Å². The van der Waals surface area contributed by atoms with Crippen molar-refractivity contribution in [2.75, 3.05) is 11.1 Å². The quantitative estimate of drug-likeness (QED) is 0.803. The van der Waals surface area contributed by atoms with E-state index in [0.717, 1.165) is 36.9 Å². The molecule has 1 aliphatic rings. The first-order valence-electron chi connectivity index (χ1n) is 8.87. The van der Waals surface area contributed by atoms with Crippen molar-refractivity contribution in [2.45, 2.75) is 64.3 Å². The van der Waals surface area contributed by atoms with Crippen LogP contribution >= 0.6 is 11.8 Å². The van der Waals surface area contributed by atoms with Gasteiger partial charge in [0.15, 0.2) is 0 Å². The molecule has 0 bridgehead atoms. The van der Waals surface area contributed by atoms with Crippen molar-refractivity contribution in [2.24, 2.45) is 0 Å². The smallest absolute Gasteiger partial charge is 0.248 e. The summed E-state index contributed by atoms with van der Waals surface area (Å²) in [4.78, 5) is 27.2. The molecule has 2 rings (SSSR count). The van der Waals surface area contributed by atoms with Gasteiger partial charge in [0.05, 0.1) is 5.37 Å². The highest BCUT2D eigenvalue weighted by Gasteiger charge is 2.40. The number of unbranched alkanes of at least 4 members (excludes halogenated alkanes) is 1. The lowest BCUT2D eigenvalue weighted by Gasteiger charge is -2.29. The van der Waals surface area contributed by atoms with E-state index in [1.54, 1.807) is 11.8 Å². The maximum Gasteiger partial charge on any atom is 0.248 e. The van der Waals surface area contributed by atoms with E-state index in [-0.39, 0.29) is 23.2 Å². The Kier molecular flexibility index (Phi) is 7.16. The first kappa shape index (κ1) is 18.8. The number of aryl methyl sites for hydroxylation is 1. The molecule has 1 aliphatic heterocycles. The number of benzene rings is 1. The largest absolute Gasteiger partial charge is 0.324 e. The van der Waals surface area contributed by atoms with E-state index in [0.29, 0.717) is 12.2 Å². The summed E-state index contributed by atoms with van der Waals surface area (Å²) < 4.78 is 0. The van der Waals surface area contributed by atoms with Gasteiger partial charge in [-0.05, 0) is 31.9 Å². The molecule has 1 saturated heterocycles. The van der Waals surface area contributed by atoms with E-state index in [1.165, 1.54) is 0 Å². The molecule has 1 fully saturated rings. The average molecular weight is 349 g/mol.